The first-order chi connectivity index (χ1) is 9.65. The van der Waals surface area contributed by atoms with Gasteiger partial charge in [0.1, 0.15) is 0 Å². The van der Waals surface area contributed by atoms with Crippen molar-refractivity contribution in [3.05, 3.63) is 29.3 Å². The molecule has 0 radical (unpaired) electrons. The molecule has 0 spiro atoms. The van der Waals surface area contributed by atoms with E-state index in [1.807, 2.05) is 24.3 Å². The van der Waals surface area contributed by atoms with E-state index in [0.717, 1.165) is 35.2 Å². The SMILES string of the molecule is CC1CCNCC1NC(=O)CCSc1ccc(Cl)cc1. The molecule has 1 aromatic carbocycles. The summed E-state index contributed by atoms with van der Waals surface area (Å²) in [6, 6.07) is 7.99. The van der Waals surface area contributed by atoms with Crippen LogP contribution in [0.3, 0.4) is 0 Å². The lowest BCUT2D eigenvalue weighted by atomic mass is 9.95. The number of benzene rings is 1. The van der Waals surface area contributed by atoms with E-state index >= 15 is 0 Å². The summed E-state index contributed by atoms with van der Waals surface area (Å²) in [6.07, 6.45) is 1.68. The van der Waals surface area contributed by atoms with Crippen LogP contribution in [-0.4, -0.2) is 30.8 Å². The zero-order chi connectivity index (χ0) is 14.4. The largest absolute Gasteiger partial charge is 0.352 e. The summed E-state index contributed by atoms with van der Waals surface area (Å²) in [4.78, 5) is 13.1. The quantitative estimate of drug-likeness (QED) is 0.821. The van der Waals surface area contributed by atoms with Crippen LogP contribution >= 0.6 is 23.4 Å². The highest BCUT2D eigenvalue weighted by Crippen LogP contribution is 2.21. The van der Waals surface area contributed by atoms with Gasteiger partial charge >= 0.3 is 0 Å². The lowest BCUT2D eigenvalue weighted by molar-refractivity contribution is -0.121. The van der Waals surface area contributed by atoms with Crippen molar-refractivity contribution in [3.63, 3.8) is 0 Å². The van der Waals surface area contributed by atoms with Crippen molar-refractivity contribution < 1.29 is 4.79 Å². The molecule has 0 saturated carbocycles. The van der Waals surface area contributed by atoms with Gasteiger partial charge in [0.15, 0.2) is 0 Å². The van der Waals surface area contributed by atoms with Crippen LogP contribution in [0.2, 0.25) is 5.02 Å². The smallest absolute Gasteiger partial charge is 0.221 e. The van der Waals surface area contributed by atoms with E-state index in [-0.39, 0.29) is 11.9 Å². The standard InChI is InChI=1S/C15H21ClN2OS/c1-11-6-8-17-10-14(11)18-15(19)7-9-20-13-4-2-12(16)3-5-13/h2-5,11,14,17H,6-10H2,1H3,(H,18,19). The molecule has 1 heterocycles. The van der Waals surface area contributed by atoms with Crippen molar-refractivity contribution in [2.75, 3.05) is 18.8 Å². The van der Waals surface area contributed by atoms with E-state index in [1.54, 1.807) is 11.8 Å². The Bertz CT molecular complexity index is 438. The average Bonchev–Trinajstić information content (AvgIpc) is 2.44. The molecule has 2 N–H and O–H groups in total. The topological polar surface area (TPSA) is 41.1 Å². The Morgan fingerprint density at radius 2 is 2.20 bits per heavy atom. The number of amides is 1. The molecule has 2 atom stereocenters. The van der Waals surface area contributed by atoms with Gasteiger partial charge in [-0.3, -0.25) is 4.79 Å². The number of nitrogens with one attached hydrogen (secondary N) is 2. The number of thioether (sulfide) groups is 1. The third kappa shape index (κ3) is 5.00. The van der Waals surface area contributed by atoms with Gasteiger partial charge in [-0.1, -0.05) is 18.5 Å². The van der Waals surface area contributed by atoms with Gasteiger partial charge in [-0.15, -0.1) is 11.8 Å². The van der Waals surface area contributed by atoms with Crippen LogP contribution in [0.4, 0.5) is 0 Å². The Hall–Kier alpha value is -0.710. The first-order valence-electron chi connectivity index (χ1n) is 7.03. The minimum atomic E-state index is 0.145. The fourth-order valence-corrected chi connectivity index (χ4v) is 3.23. The molecule has 1 amide bonds. The van der Waals surface area contributed by atoms with Gasteiger partial charge in [0.05, 0.1) is 0 Å². The number of carbonyl (C=O) groups is 1. The molecule has 1 fully saturated rings. The molecule has 2 unspecified atom stereocenters. The predicted octanol–water partition coefficient (Wildman–Crippen LogP) is 2.94. The molecule has 0 aromatic heterocycles. The summed E-state index contributed by atoms with van der Waals surface area (Å²) >= 11 is 7.52. The van der Waals surface area contributed by atoms with Crippen LogP contribution < -0.4 is 10.6 Å². The highest BCUT2D eigenvalue weighted by molar-refractivity contribution is 7.99. The number of hydrogen-bond acceptors (Lipinski definition) is 3. The second-order valence-corrected chi connectivity index (χ2v) is 6.80. The third-order valence-corrected chi connectivity index (χ3v) is 4.85. The monoisotopic (exact) mass is 312 g/mol. The Labute approximate surface area is 129 Å². The average molecular weight is 313 g/mol. The molecule has 110 valence electrons. The summed E-state index contributed by atoms with van der Waals surface area (Å²) in [6.45, 7) is 4.14. The Balaban J connectivity index is 1.68. The van der Waals surface area contributed by atoms with Crippen molar-refractivity contribution in [2.24, 2.45) is 5.92 Å². The van der Waals surface area contributed by atoms with E-state index in [1.165, 1.54) is 0 Å². The van der Waals surface area contributed by atoms with Gasteiger partial charge in [0.25, 0.3) is 0 Å². The maximum Gasteiger partial charge on any atom is 0.221 e. The Morgan fingerprint density at radius 1 is 1.45 bits per heavy atom. The van der Waals surface area contributed by atoms with Gasteiger partial charge in [0, 0.05) is 34.7 Å². The lowest BCUT2D eigenvalue weighted by Gasteiger charge is -2.30. The van der Waals surface area contributed by atoms with Gasteiger partial charge in [-0.25, -0.2) is 0 Å². The Morgan fingerprint density at radius 3 is 2.90 bits per heavy atom. The molecular formula is C15H21ClN2OS. The molecule has 1 aromatic rings. The maximum absolute atomic E-state index is 11.9. The fraction of sp³-hybridized carbons (Fsp3) is 0.533. The summed E-state index contributed by atoms with van der Waals surface area (Å²) in [5.41, 5.74) is 0. The van der Waals surface area contributed by atoms with E-state index in [9.17, 15) is 4.79 Å². The van der Waals surface area contributed by atoms with Crippen LogP contribution in [-0.2, 0) is 4.79 Å². The van der Waals surface area contributed by atoms with E-state index in [0.29, 0.717) is 12.3 Å². The third-order valence-electron chi connectivity index (χ3n) is 3.59. The number of rotatable bonds is 5. The van der Waals surface area contributed by atoms with Crippen LogP contribution in [0, 0.1) is 5.92 Å². The van der Waals surface area contributed by atoms with E-state index in [2.05, 4.69) is 17.6 Å². The molecule has 20 heavy (non-hydrogen) atoms. The minimum Gasteiger partial charge on any atom is -0.352 e. The first kappa shape index (κ1) is 15.7. The summed E-state index contributed by atoms with van der Waals surface area (Å²) in [5, 5.41) is 7.20. The number of hydrogen-bond donors (Lipinski definition) is 2. The molecule has 1 aliphatic heterocycles. The summed E-state index contributed by atoms with van der Waals surface area (Å²) in [7, 11) is 0. The minimum absolute atomic E-state index is 0.145. The normalized spacial score (nSPS) is 22.5. The molecule has 0 aliphatic carbocycles. The van der Waals surface area contributed by atoms with E-state index < -0.39 is 0 Å². The van der Waals surface area contributed by atoms with Crippen molar-refractivity contribution in [2.45, 2.75) is 30.7 Å². The molecule has 1 aliphatic rings. The van der Waals surface area contributed by atoms with Gasteiger partial charge in [0.2, 0.25) is 5.91 Å². The second-order valence-electron chi connectivity index (χ2n) is 5.20. The summed E-state index contributed by atoms with van der Waals surface area (Å²) < 4.78 is 0. The number of piperidine rings is 1. The Kier molecular flexibility index (Phi) is 6.20. The van der Waals surface area contributed by atoms with Crippen molar-refractivity contribution in [1.29, 1.82) is 0 Å². The number of halogens is 1. The lowest BCUT2D eigenvalue weighted by Crippen LogP contribution is -2.50. The second kappa shape index (κ2) is 7.91. The van der Waals surface area contributed by atoms with Crippen molar-refractivity contribution in [1.82, 2.24) is 10.6 Å². The first-order valence-corrected chi connectivity index (χ1v) is 8.40. The summed E-state index contributed by atoms with van der Waals surface area (Å²) in [5.74, 6) is 1.50. The molecule has 5 heteroatoms. The molecule has 1 saturated heterocycles. The van der Waals surface area contributed by atoms with Gasteiger partial charge in [-0.05, 0) is 43.1 Å². The van der Waals surface area contributed by atoms with Crippen molar-refractivity contribution >= 4 is 29.3 Å². The molecule has 0 bridgehead atoms. The van der Waals surface area contributed by atoms with Crippen molar-refractivity contribution in [3.8, 4) is 0 Å². The zero-order valence-corrected chi connectivity index (χ0v) is 13.3. The maximum atomic E-state index is 11.9. The highest BCUT2D eigenvalue weighted by Gasteiger charge is 2.22. The highest BCUT2D eigenvalue weighted by atomic mass is 35.5. The zero-order valence-electron chi connectivity index (χ0n) is 11.7. The van der Waals surface area contributed by atoms with E-state index in [4.69, 9.17) is 11.6 Å². The van der Waals surface area contributed by atoms with Crippen LogP contribution in [0.5, 0.6) is 0 Å². The molecule has 2 rings (SSSR count). The van der Waals surface area contributed by atoms with Crippen LogP contribution in [0.1, 0.15) is 19.8 Å². The van der Waals surface area contributed by atoms with Crippen LogP contribution in [0.15, 0.2) is 29.2 Å². The molecular weight excluding hydrogens is 292 g/mol. The number of carbonyl (C=O) groups excluding carboxylic acids is 1. The molecule has 3 nitrogen and oxygen atoms in total. The fourth-order valence-electron chi connectivity index (χ4n) is 2.25. The van der Waals surface area contributed by atoms with Gasteiger partial charge in [-0.2, -0.15) is 0 Å². The predicted molar refractivity (Wildman–Crippen MR) is 85.4 cm³/mol. The van der Waals surface area contributed by atoms with Crippen LogP contribution in [0.25, 0.3) is 0 Å². The van der Waals surface area contributed by atoms with Gasteiger partial charge < -0.3 is 10.6 Å².